The van der Waals surface area contributed by atoms with Crippen molar-refractivity contribution < 1.29 is 8.42 Å². The van der Waals surface area contributed by atoms with E-state index in [2.05, 4.69) is 30.8 Å². The van der Waals surface area contributed by atoms with Crippen LogP contribution < -0.4 is 10.0 Å². The van der Waals surface area contributed by atoms with Crippen LogP contribution in [0.5, 0.6) is 0 Å². The molecule has 1 saturated carbocycles. The molecule has 0 saturated heterocycles. The van der Waals surface area contributed by atoms with Gasteiger partial charge in [-0.2, -0.15) is 0 Å². The van der Waals surface area contributed by atoms with Crippen molar-refractivity contribution in [2.45, 2.75) is 58.1 Å². The second kappa shape index (κ2) is 6.50. The molecule has 0 radical (unpaired) electrons. The molecule has 1 aromatic rings. The van der Waals surface area contributed by atoms with Crippen molar-refractivity contribution in [1.82, 2.24) is 14.6 Å². The molecule has 1 fully saturated rings. The standard InChI is InChI=1S/C15H27N3O2S/c1-5-18-10-15(7-14(18)9-16-11(2)3)21(19,20)17-8-13-6-12(13)4/h7,10-13,16-17H,5-6,8-9H2,1-4H3. The zero-order valence-electron chi connectivity index (χ0n) is 13.4. The lowest BCUT2D eigenvalue weighted by Crippen LogP contribution is -2.26. The number of aromatic nitrogens is 1. The van der Waals surface area contributed by atoms with Gasteiger partial charge in [-0.3, -0.25) is 0 Å². The third kappa shape index (κ3) is 4.31. The smallest absolute Gasteiger partial charge is 0.242 e. The molecule has 2 N–H and O–H groups in total. The topological polar surface area (TPSA) is 63.1 Å². The Hall–Kier alpha value is -0.850. The molecule has 21 heavy (non-hydrogen) atoms. The molecule has 1 aliphatic carbocycles. The van der Waals surface area contributed by atoms with Gasteiger partial charge in [0, 0.05) is 37.6 Å². The molecule has 0 spiro atoms. The minimum atomic E-state index is -3.39. The van der Waals surface area contributed by atoms with E-state index in [0.717, 1.165) is 18.7 Å². The fraction of sp³-hybridized carbons (Fsp3) is 0.733. The minimum Gasteiger partial charge on any atom is -0.349 e. The summed E-state index contributed by atoms with van der Waals surface area (Å²) in [5.41, 5.74) is 1.01. The van der Waals surface area contributed by atoms with Gasteiger partial charge < -0.3 is 9.88 Å². The zero-order chi connectivity index (χ0) is 15.6. The number of rotatable bonds is 8. The molecule has 2 atom stereocenters. The van der Waals surface area contributed by atoms with Crippen LogP contribution >= 0.6 is 0 Å². The normalized spacial score (nSPS) is 22.0. The summed E-state index contributed by atoms with van der Waals surface area (Å²) in [4.78, 5) is 0.373. The van der Waals surface area contributed by atoms with Gasteiger partial charge in [-0.25, -0.2) is 13.1 Å². The van der Waals surface area contributed by atoms with Crippen molar-refractivity contribution in [1.29, 1.82) is 0 Å². The second-order valence-electron chi connectivity index (χ2n) is 6.31. The molecule has 0 bridgehead atoms. The van der Waals surface area contributed by atoms with E-state index >= 15 is 0 Å². The number of hydrogen-bond donors (Lipinski definition) is 2. The van der Waals surface area contributed by atoms with Gasteiger partial charge in [-0.1, -0.05) is 20.8 Å². The lowest BCUT2D eigenvalue weighted by Gasteiger charge is -2.09. The third-order valence-corrected chi connectivity index (χ3v) is 5.51. The Balaban J connectivity index is 2.07. The number of sulfonamides is 1. The van der Waals surface area contributed by atoms with E-state index in [1.165, 1.54) is 0 Å². The number of aryl methyl sites for hydroxylation is 1. The quantitative estimate of drug-likeness (QED) is 0.771. The number of nitrogens with zero attached hydrogens (tertiary/aromatic N) is 1. The van der Waals surface area contributed by atoms with Gasteiger partial charge in [0.1, 0.15) is 0 Å². The van der Waals surface area contributed by atoms with Crippen molar-refractivity contribution in [2.75, 3.05) is 6.54 Å². The maximum atomic E-state index is 12.3. The highest BCUT2D eigenvalue weighted by molar-refractivity contribution is 7.89. The first kappa shape index (κ1) is 16.5. The largest absolute Gasteiger partial charge is 0.349 e. The summed E-state index contributed by atoms with van der Waals surface area (Å²) >= 11 is 0. The van der Waals surface area contributed by atoms with Gasteiger partial charge in [-0.05, 0) is 31.2 Å². The SMILES string of the molecule is CCn1cc(S(=O)(=O)NCC2CC2C)cc1CNC(C)C. The maximum absolute atomic E-state index is 12.3. The summed E-state index contributed by atoms with van der Waals surface area (Å²) in [5.74, 6) is 1.16. The van der Waals surface area contributed by atoms with Crippen LogP contribution in [-0.4, -0.2) is 25.6 Å². The predicted molar refractivity (Wildman–Crippen MR) is 84.5 cm³/mol. The maximum Gasteiger partial charge on any atom is 0.242 e. The highest BCUT2D eigenvalue weighted by Crippen LogP contribution is 2.37. The summed E-state index contributed by atoms with van der Waals surface area (Å²) in [6.45, 7) is 10.3. The Kier molecular flexibility index (Phi) is 5.11. The third-order valence-electron chi connectivity index (χ3n) is 4.11. The Morgan fingerprint density at radius 2 is 2.10 bits per heavy atom. The molecule has 0 aromatic carbocycles. The molecular formula is C15H27N3O2S. The highest BCUT2D eigenvalue weighted by atomic mass is 32.2. The van der Waals surface area contributed by atoms with Crippen molar-refractivity contribution >= 4 is 10.0 Å². The monoisotopic (exact) mass is 313 g/mol. The first-order valence-corrected chi connectivity index (χ1v) is 9.24. The Labute approximate surface area is 128 Å². The fourth-order valence-electron chi connectivity index (χ4n) is 2.41. The molecule has 1 heterocycles. The predicted octanol–water partition coefficient (Wildman–Crippen LogP) is 1.94. The van der Waals surface area contributed by atoms with E-state index in [4.69, 9.17) is 0 Å². The first-order chi connectivity index (χ1) is 9.83. The van der Waals surface area contributed by atoms with Crippen LogP contribution in [-0.2, 0) is 23.1 Å². The highest BCUT2D eigenvalue weighted by Gasteiger charge is 2.33. The summed E-state index contributed by atoms with van der Waals surface area (Å²) in [6, 6.07) is 2.15. The van der Waals surface area contributed by atoms with Gasteiger partial charge in [0.05, 0.1) is 4.90 Å². The van der Waals surface area contributed by atoms with Gasteiger partial charge in [0.2, 0.25) is 10.0 Å². The molecular weight excluding hydrogens is 286 g/mol. The molecule has 120 valence electrons. The summed E-state index contributed by atoms with van der Waals surface area (Å²) in [5, 5.41) is 3.33. The molecule has 6 heteroatoms. The van der Waals surface area contributed by atoms with Crippen LogP contribution in [0.15, 0.2) is 17.2 Å². The first-order valence-electron chi connectivity index (χ1n) is 7.75. The molecule has 1 aliphatic rings. The fourth-order valence-corrected chi connectivity index (χ4v) is 3.56. The molecule has 2 rings (SSSR count). The van der Waals surface area contributed by atoms with Gasteiger partial charge >= 0.3 is 0 Å². The van der Waals surface area contributed by atoms with Gasteiger partial charge in [-0.15, -0.1) is 0 Å². The summed E-state index contributed by atoms with van der Waals surface area (Å²) in [6.07, 6.45) is 2.86. The van der Waals surface area contributed by atoms with E-state index < -0.39 is 10.0 Å². The van der Waals surface area contributed by atoms with E-state index in [-0.39, 0.29) is 0 Å². The zero-order valence-corrected chi connectivity index (χ0v) is 14.2. The minimum absolute atomic E-state index is 0.373. The summed E-state index contributed by atoms with van der Waals surface area (Å²) < 4.78 is 29.4. The average Bonchev–Trinajstić information content (AvgIpc) is 2.96. The Bertz CT molecular complexity index is 578. The van der Waals surface area contributed by atoms with Crippen molar-refractivity contribution in [3.05, 3.63) is 18.0 Å². The van der Waals surface area contributed by atoms with Crippen molar-refractivity contribution in [2.24, 2.45) is 11.8 Å². The van der Waals surface area contributed by atoms with E-state index in [0.29, 0.717) is 35.9 Å². The summed E-state index contributed by atoms with van der Waals surface area (Å²) in [7, 11) is -3.39. The molecule has 0 amide bonds. The van der Waals surface area contributed by atoms with Crippen LogP contribution in [0.2, 0.25) is 0 Å². The number of nitrogens with one attached hydrogen (secondary N) is 2. The van der Waals surface area contributed by atoms with E-state index in [1.807, 2.05) is 11.5 Å². The molecule has 2 unspecified atom stereocenters. The van der Waals surface area contributed by atoms with Gasteiger partial charge in [0.25, 0.3) is 0 Å². The van der Waals surface area contributed by atoms with Crippen LogP contribution in [0.4, 0.5) is 0 Å². The van der Waals surface area contributed by atoms with E-state index in [1.54, 1.807) is 12.3 Å². The van der Waals surface area contributed by atoms with Crippen LogP contribution in [0, 0.1) is 11.8 Å². The Morgan fingerprint density at radius 3 is 2.62 bits per heavy atom. The average molecular weight is 313 g/mol. The van der Waals surface area contributed by atoms with Crippen LogP contribution in [0.1, 0.15) is 39.8 Å². The second-order valence-corrected chi connectivity index (χ2v) is 8.08. The van der Waals surface area contributed by atoms with Gasteiger partial charge in [0.15, 0.2) is 0 Å². The molecule has 0 aliphatic heterocycles. The van der Waals surface area contributed by atoms with Crippen molar-refractivity contribution in [3.63, 3.8) is 0 Å². The van der Waals surface area contributed by atoms with E-state index in [9.17, 15) is 8.42 Å². The molecule has 5 nitrogen and oxygen atoms in total. The van der Waals surface area contributed by atoms with Crippen LogP contribution in [0.25, 0.3) is 0 Å². The number of hydrogen-bond acceptors (Lipinski definition) is 3. The van der Waals surface area contributed by atoms with Crippen molar-refractivity contribution in [3.8, 4) is 0 Å². The Morgan fingerprint density at radius 1 is 1.43 bits per heavy atom. The molecule has 1 aromatic heterocycles. The lowest BCUT2D eigenvalue weighted by molar-refractivity contribution is 0.561. The lowest BCUT2D eigenvalue weighted by atomic mass is 10.3. The van der Waals surface area contributed by atoms with Crippen LogP contribution in [0.3, 0.4) is 0 Å².